The molecule has 2 N–H and O–H groups in total. The maximum Gasteiger partial charge on any atom is 0.307 e. The maximum atomic E-state index is 10.9. The Morgan fingerprint density at radius 3 is 2.52 bits per heavy atom. The molecule has 2 heterocycles. The highest BCUT2D eigenvalue weighted by Gasteiger charge is 2.14. The van der Waals surface area contributed by atoms with Crippen molar-refractivity contribution in [3.63, 3.8) is 0 Å². The van der Waals surface area contributed by atoms with Crippen LogP contribution in [0.5, 0.6) is 0 Å². The van der Waals surface area contributed by atoms with E-state index in [9.17, 15) is 4.79 Å². The first-order chi connectivity index (χ1) is 14.6. The normalized spacial score (nSPS) is 11.8. The number of aliphatic carboxylic acids is 1. The lowest BCUT2D eigenvalue weighted by Gasteiger charge is -2.14. The summed E-state index contributed by atoms with van der Waals surface area (Å²) in [5.41, 5.74) is 4.95. The molecule has 0 aliphatic heterocycles. The second-order valence-electron chi connectivity index (χ2n) is 8.65. The second-order valence-corrected chi connectivity index (χ2v) is 9.56. The first-order valence-electron chi connectivity index (χ1n) is 10.4. The number of aryl methyl sites for hydroxylation is 1. The van der Waals surface area contributed by atoms with Gasteiger partial charge in [-0.05, 0) is 53.5 Å². The lowest BCUT2D eigenvalue weighted by atomic mass is 9.96. The summed E-state index contributed by atoms with van der Waals surface area (Å²) in [6, 6.07) is 9.54. The second kappa shape index (κ2) is 9.43. The molecule has 0 saturated carbocycles. The summed E-state index contributed by atoms with van der Waals surface area (Å²) >= 11 is 1.64. The van der Waals surface area contributed by atoms with Crippen molar-refractivity contribution >= 4 is 34.9 Å². The summed E-state index contributed by atoms with van der Waals surface area (Å²) < 4.78 is 0. The van der Waals surface area contributed by atoms with E-state index in [1.165, 1.54) is 0 Å². The lowest BCUT2D eigenvalue weighted by molar-refractivity contribution is -0.136. The summed E-state index contributed by atoms with van der Waals surface area (Å²) in [6.45, 7) is 10.6. The predicted molar refractivity (Wildman–Crippen MR) is 129 cm³/mol. The number of benzene rings is 1. The van der Waals surface area contributed by atoms with E-state index in [2.05, 4.69) is 56.6 Å². The van der Waals surface area contributed by atoms with Gasteiger partial charge in [0.2, 0.25) is 0 Å². The number of rotatable bonds is 7. The number of aromatic nitrogens is 2. The number of carbonyl (C=O) groups is 1. The quantitative estimate of drug-likeness (QED) is 0.443. The number of carboxylic acids is 1. The van der Waals surface area contributed by atoms with Crippen LogP contribution >= 0.6 is 11.3 Å². The summed E-state index contributed by atoms with van der Waals surface area (Å²) in [6.07, 6.45) is 5.18. The fourth-order valence-corrected chi connectivity index (χ4v) is 3.96. The molecule has 0 spiro atoms. The third-order valence-electron chi connectivity index (χ3n) is 4.76. The molecule has 3 aromatic rings. The van der Waals surface area contributed by atoms with Gasteiger partial charge in [-0.2, -0.15) is 0 Å². The number of nitrogens with zero attached hydrogens (tertiary/aromatic N) is 2. The average Bonchev–Trinajstić information content (AvgIpc) is 3.16. The standard InChI is InChI=1S/C25H29N3O2S/c1-6-20-16(2)26-24(21-13-18(15-31-21)11-12-25(3,4)5)28-23(20)27-19-9-7-17(8-10-19)14-22(29)30/h7-13,15H,6,14H2,1-5H3,(H,29,30)(H,26,27,28). The van der Waals surface area contributed by atoms with E-state index in [1.54, 1.807) is 11.3 Å². The minimum Gasteiger partial charge on any atom is -0.481 e. The molecule has 5 nitrogen and oxygen atoms in total. The predicted octanol–water partition coefficient (Wildman–Crippen LogP) is 6.51. The first kappa shape index (κ1) is 22.7. The van der Waals surface area contributed by atoms with E-state index in [1.807, 2.05) is 31.2 Å². The van der Waals surface area contributed by atoms with Crippen LogP contribution < -0.4 is 5.32 Å². The van der Waals surface area contributed by atoms with Crippen molar-refractivity contribution in [2.45, 2.75) is 47.5 Å². The zero-order valence-electron chi connectivity index (χ0n) is 18.7. The lowest BCUT2D eigenvalue weighted by Crippen LogP contribution is -2.05. The van der Waals surface area contributed by atoms with E-state index in [0.717, 1.165) is 45.2 Å². The monoisotopic (exact) mass is 435 g/mol. The molecule has 1 aromatic carbocycles. The number of carboxylic acid groups (broad SMARTS) is 1. The van der Waals surface area contributed by atoms with Crippen LogP contribution in [0.15, 0.2) is 41.8 Å². The Morgan fingerprint density at radius 2 is 1.90 bits per heavy atom. The molecular formula is C25H29N3O2S. The third-order valence-corrected chi connectivity index (χ3v) is 5.70. The molecule has 6 heteroatoms. The molecule has 162 valence electrons. The number of anilines is 2. The van der Waals surface area contributed by atoms with Crippen LogP contribution in [0.1, 0.15) is 50.1 Å². The van der Waals surface area contributed by atoms with Crippen molar-refractivity contribution in [3.05, 3.63) is 64.2 Å². The van der Waals surface area contributed by atoms with Crippen LogP contribution in [0.4, 0.5) is 11.5 Å². The maximum absolute atomic E-state index is 10.9. The Labute approximate surface area is 187 Å². The van der Waals surface area contributed by atoms with E-state index < -0.39 is 5.97 Å². The molecule has 0 unspecified atom stereocenters. The SMILES string of the molecule is CCc1c(C)nc(-c2cc(C=CC(C)(C)C)cs2)nc1Nc1ccc(CC(=O)O)cc1. The Morgan fingerprint density at radius 1 is 1.19 bits per heavy atom. The summed E-state index contributed by atoms with van der Waals surface area (Å²) in [4.78, 5) is 21.5. The zero-order valence-corrected chi connectivity index (χ0v) is 19.5. The fraction of sp³-hybridized carbons (Fsp3) is 0.320. The highest BCUT2D eigenvalue weighted by molar-refractivity contribution is 7.13. The molecule has 0 aliphatic rings. The van der Waals surface area contributed by atoms with Crippen molar-refractivity contribution in [3.8, 4) is 10.7 Å². The highest BCUT2D eigenvalue weighted by Crippen LogP contribution is 2.30. The number of thiophene rings is 1. The Bertz CT molecular complexity index is 1090. The van der Waals surface area contributed by atoms with Gasteiger partial charge in [-0.1, -0.05) is 52.0 Å². The van der Waals surface area contributed by atoms with E-state index in [-0.39, 0.29) is 11.8 Å². The number of allylic oxidation sites excluding steroid dienone is 1. The average molecular weight is 436 g/mol. The van der Waals surface area contributed by atoms with Crippen LogP contribution in [-0.2, 0) is 17.6 Å². The van der Waals surface area contributed by atoms with Crippen molar-refractivity contribution in [1.82, 2.24) is 9.97 Å². The van der Waals surface area contributed by atoms with Crippen LogP contribution in [0.2, 0.25) is 0 Å². The third kappa shape index (κ3) is 6.25. The van der Waals surface area contributed by atoms with Crippen molar-refractivity contribution in [2.75, 3.05) is 5.32 Å². The minimum atomic E-state index is -0.835. The topological polar surface area (TPSA) is 75.1 Å². The van der Waals surface area contributed by atoms with Gasteiger partial charge in [-0.25, -0.2) is 9.97 Å². The van der Waals surface area contributed by atoms with Crippen molar-refractivity contribution < 1.29 is 9.90 Å². The van der Waals surface area contributed by atoms with E-state index >= 15 is 0 Å². The largest absolute Gasteiger partial charge is 0.481 e. The smallest absolute Gasteiger partial charge is 0.307 e. The van der Waals surface area contributed by atoms with Gasteiger partial charge in [-0.3, -0.25) is 4.79 Å². The fourth-order valence-electron chi connectivity index (χ4n) is 3.15. The molecule has 3 rings (SSSR count). The summed E-state index contributed by atoms with van der Waals surface area (Å²) in [5.74, 6) is 0.661. The Kier molecular flexibility index (Phi) is 6.91. The molecule has 0 radical (unpaired) electrons. The van der Waals surface area contributed by atoms with Crippen LogP contribution in [0.3, 0.4) is 0 Å². The van der Waals surface area contributed by atoms with Crippen LogP contribution in [0.25, 0.3) is 16.8 Å². The van der Waals surface area contributed by atoms with Gasteiger partial charge in [-0.15, -0.1) is 11.3 Å². The van der Waals surface area contributed by atoms with Crippen LogP contribution in [0, 0.1) is 12.3 Å². The van der Waals surface area contributed by atoms with Crippen LogP contribution in [-0.4, -0.2) is 21.0 Å². The molecular weight excluding hydrogens is 406 g/mol. The van der Waals surface area contributed by atoms with Crippen molar-refractivity contribution in [2.24, 2.45) is 5.41 Å². The molecule has 0 atom stereocenters. The molecule has 0 bridgehead atoms. The summed E-state index contributed by atoms with van der Waals surface area (Å²) in [7, 11) is 0. The van der Waals surface area contributed by atoms with Crippen molar-refractivity contribution in [1.29, 1.82) is 0 Å². The number of hydrogen-bond donors (Lipinski definition) is 2. The Balaban J connectivity index is 1.89. The minimum absolute atomic E-state index is 0.0155. The van der Waals surface area contributed by atoms with Gasteiger partial charge in [0, 0.05) is 16.9 Å². The molecule has 0 fully saturated rings. The van der Waals surface area contributed by atoms with E-state index in [0.29, 0.717) is 5.82 Å². The molecule has 0 saturated heterocycles. The van der Waals surface area contributed by atoms with Gasteiger partial charge >= 0.3 is 5.97 Å². The molecule has 0 aliphatic carbocycles. The Hall–Kier alpha value is -2.99. The summed E-state index contributed by atoms with van der Waals surface area (Å²) in [5, 5.41) is 14.5. The van der Waals surface area contributed by atoms with Gasteiger partial charge in [0.15, 0.2) is 5.82 Å². The molecule has 2 aromatic heterocycles. The van der Waals surface area contributed by atoms with Gasteiger partial charge in [0.05, 0.1) is 11.3 Å². The van der Waals surface area contributed by atoms with Gasteiger partial charge in [0.25, 0.3) is 0 Å². The number of nitrogens with one attached hydrogen (secondary N) is 1. The van der Waals surface area contributed by atoms with Gasteiger partial charge < -0.3 is 10.4 Å². The zero-order chi connectivity index (χ0) is 22.6. The molecule has 31 heavy (non-hydrogen) atoms. The van der Waals surface area contributed by atoms with Gasteiger partial charge in [0.1, 0.15) is 5.82 Å². The number of hydrogen-bond acceptors (Lipinski definition) is 5. The first-order valence-corrected chi connectivity index (χ1v) is 11.3. The highest BCUT2D eigenvalue weighted by atomic mass is 32.1. The van der Waals surface area contributed by atoms with E-state index in [4.69, 9.17) is 15.1 Å². The molecule has 0 amide bonds.